The quantitative estimate of drug-likeness (QED) is 0.568. The van der Waals surface area contributed by atoms with Crippen molar-refractivity contribution < 1.29 is 27.1 Å². The second kappa shape index (κ2) is 9.02. The van der Waals surface area contributed by atoms with Crippen molar-refractivity contribution in [1.29, 1.82) is 0 Å². The number of rotatable bonds is 8. The number of carbonyl (C=O) groups is 1. The normalized spacial score (nSPS) is 11.2. The second-order valence-electron chi connectivity index (χ2n) is 6.40. The Morgan fingerprint density at radius 1 is 1.03 bits per heavy atom. The zero-order chi connectivity index (χ0) is 21.7. The summed E-state index contributed by atoms with van der Waals surface area (Å²) in [6.07, 6.45) is 1.46. The summed E-state index contributed by atoms with van der Waals surface area (Å²) in [4.78, 5) is 12.8. The third-order valence-corrected chi connectivity index (χ3v) is 5.82. The first-order chi connectivity index (χ1) is 14.3. The van der Waals surface area contributed by atoms with Crippen LogP contribution in [0.5, 0.6) is 11.5 Å². The Morgan fingerprint density at radius 3 is 2.47 bits per heavy atom. The summed E-state index contributed by atoms with van der Waals surface area (Å²) in [7, 11) is -0.811. The van der Waals surface area contributed by atoms with E-state index in [9.17, 15) is 13.2 Å². The molecule has 1 heterocycles. The van der Waals surface area contributed by atoms with Crippen LogP contribution in [0.3, 0.4) is 0 Å². The highest BCUT2D eigenvalue weighted by Gasteiger charge is 2.19. The second-order valence-corrected chi connectivity index (χ2v) is 8.17. The minimum Gasteiger partial charge on any atom is -0.493 e. The van der Waals surface area contributed by atoms with Gasteiger partial charge >= 0.3 is 0 Å². The SMILES string of the molecule is COc1ccc(NC(=O)c2cc(S(=O)(=O)NCc3ccco3)ccc2C)cc1OC. The minimum absolute atomic E-state index is 0.0103. The molecule has 8 nitrogen and oxygen atoms in total. The van der Waals surface area contributed by atoms with Crippen LogP contribution in [0, 0.1) is 6.92 Å². The number of aryl methyl sites for hydroxylation is 1. The lowest BCUT2D eigenvalue weighted by molar-refractivity contribution is 0.102. The van der Waals surface area contributed by atoms with Crippen LogP contribution in [0.25, 0.3) is 0 Å². The number of methoxy groups -OCH3 is 2. The average Bonchev–Trinajstić information content (AvgIpc) is 3.26. The number of hydrogen-bond acceptors (Lipinski definition) is 6. The van der Waals surface area contributed by atoms with Gasteiger partial charge in [-0.1, -0.05) is 6.07 Å². The summed E-state index contributed by atoms with van der Waals surface area (Å²) in [6, 6.07) is 12.7. The fourth-order valence-electron chi connectivity index (χ4n) is 2.79. The van der Waals surface area contributed by atoms with E-state index in [4.69, 9.17) is 13.9 Å². The number of ether oxygens (including phenoxy) is 2. The maximum Gasteiger partial charge on any atom is 0.255 e. The Balaban J connectivity index is 1.81. The van der Waals surface area contributed by atoms with Crippen molar-refractivity contribution in [2.75, 3.05) is 19.5 Å². The van der Waals surface area contributed by atoms with Crippen molar-refractivity contribution in [3.63, 3.8) is 0 Å². The van der Waals surface area contributed by atoms with Gasteiger partial charge in [-0.2, -0.15) is 0 Å². The highest BCUT2D eigenvalue weighted by atomic mass is 32.2. The van der Waals surface area contributed by atoms with E-state index in [0.29, 0.717) is 28.5 Å². The summed E-state index contributed by atoms with van der Waals surface area (Å²) in [5, 5.41) is 2.75. The smallest absolute Gasteiger partial charge is 0.255 e. The van der Waals surface area contributed by atoms with E-state index in [2.05, 4.69) is 10.0 Å². The molecule has 3 rings (SSSR count). The molecule has 1 aromatic heterocycles. The first-order valence-electron chi connectivity index (χ1n) is 9.00. The minimum atomic E-state index is -3.83. The lowest BCUT2D eigenvalue weighted by Crippen LogP contribution is -2.24. The highest BCUT2D eigenvalue weighted by molar-refractivity contribution is 7.89. The number of benzene rings is 2. The summed E-state index contributed by atoms with van der Waals surface area (Å²) in [5.74, 6) is 1.03. The van der Waals surface area contributed by atoms with E-state index in [-0.39, 0.29) is 17.0 Å². The van der Waals surface area contributed by atoms with E-state index in [0.717, 1.165) is 0 Å². The third kappa shape index (κ3) is 4.81. The topological polar surface area (TPSA) is 107 Å². The summed E-state index contributed by atoms with van der Waals surface area (Å²) >= 11 is 0. The number of anilines is 1. The molecule has 3 aromatic rings. The molecule has 2 N–H and O–H groups in total. The van der Waals surface area contributed by atoms with Gasteiger partial charge in [-0.15, -0.1) is 0 Å². The Morgan fingerprint density at radius 2 is 1.80 bits per heavy atom. The number of furan rings is 1. The van der Waals surface area contributed by atoms with Crippen molar-refractivity contribution in [1.82, 2.24) is 4.72 Å². The Bertz CT molecular complexity index is 1140. The molecule has 0 unspecified atom stereocenters. The number of carbonyl (C=O) groups excluding carboxylic acids is 1. The average molecular weight is 430 g/mol. The molecule has 0 bridgehead atoms. The van der Waals surface area contributed by atoms with Gasteiger partial charge in [0.1, 0.15) is 5.76 Å². The molecule has 0 saturated heterocycles. The van der Waals surface area contributed by atoms with Crippen molar-refractivity contribution in [2.24, 2.45) is 0 Å². The van der Waals surface area contributed by atoms with Gasteiger partial charge in [-0.25, -0.2) is 13.1 Å². The predicted molar refractivity (Wildman–Crippen MR) is 111 cm³/mol. The zero-order valence-electron chi connectivity index (χ0n) is 16.8. The van der Waals surface area contributed by atoms with E-state index in [1.54, 1.807) is 43.3 Å². The molecule has 0 atom stereocenters. The molecule has 0 fully saturated rings. The lowest BCUT2D eigenvalue weighted by Gasteiger charge is -2.13. The maximum atomic E-state index is 12.8. The van der Waals surface area contributed by atoms with Gasteiger partial charge in [0.05, 0.1) is 31.9 Å². The molecule has 0 radical (unpaired) electrons. The van der Waals surface area contributed by atoms with Gasteiger partial charge in [0.15, 0.2) is 11.5 Å². The van der Waals surface area contributed by atoms with Crippen LogP contribution < -0.4 is 19.5 Å². The standard InChI is InChI=1S/C21H22N2O6S/c1-14-6-8-17(30(25,26)22-13-16-5-4-10-29-16)12-18(14)21(24)23-15-7-9-19(27-2)20(11-15)28-3/h4-12,22H,13H2,1-3H3,(H,23,24). The highest BCUT2D eigenvalue weighted by Crippen LogP contribution is 2.30. The predicted octanol–water partition coefficient (Wildman–Crippen LogP) is 3.34. The number of nitrogens with one attached hydrogen (secondary N) is 2. The largest absolute Gasteiger partial charge is 0.493 e. The van der Waals surface area contributed by atoms with Gasteiger partial charge in [0, 0.05) is 17.3 Å². The van der Waals surface area contributed by atoms with Gasteiger partial charge < -0.3 is 19.2 Å². The first kappa shape index (κ1) is 21.4. The summed E-state index contributed by atoms with van der Waals surface area (Å²) in [5.41, 5.74) is 1.37. The van der Waals surface area contributed by atoms with Crippen LogP contribution >= 0.6 is 0 Å². The molecule has 158 valence electrons. The Hall–Kier alpha value is -3.30. The van der Waals surface area contributed by atoms with Crippen molar-refractivity contribution >= 4 is 21.6 Å². The van der Waals surface area contributed by atoms with Crippen LogP contribution in [0.15, 0.2) is 64.1 Å². The molecule has 0 aliphatic rings. The number of amides is 1. The van der Waals surface area contributed by atoms with Crippen molar-refractivity contribution in [2.45, 2.75) is 18.4 Å². The number of hydrogen-bond donors (Lipinski definition) is 2. The van der Waals surface area contributed by atoms with E-state index < -0.39 is 15.9 Å². The Kier molecular flexibility index (Phi) is 6.43. The van der Waals surface area contributed by atoms with E-state index in [1.165, 1.54) is 32.6 Å². The zero-order valence-corrected chi connectivity index (χ0v) is 17.6. The van der Waals surface area contributed by atoms with Crippen LogP contribution in [0.2, 0.25) is 0 Å². The van der Waals surface area contributed by atoms with E-state index >= 15 is 0 Å². The molecular weight excluding hydrogens is 408 g/mol. The summed E-state index contributed by atoms with van der Waals surface area (Å²) < 4.78 is 43.2. The van der Waals surface area contributed by atoms with Crippen molar-refractivity contribution in [3.8, 4) is 11.5 Å². The lowest BCUT2D eigenvalue weighted by atomic mass is 10.1. The molecular formula is C21H22N2O6S. The van der Waals surface area contributed by atoms with Gasteiger partial charge in [0.2, 0.25) is 10.0 Å². The van der Waals surface area contributed by atoms with Crippen LogP contribution in [-0.2, 0) is 16.6 Å². The maximum absolute atomic E-state index is 12.8. The molecule has 0 aliphatic carbocycles. The fourth-order valence-corrected chi connectivity index (χ4v) is 3.81. The molecule has 9 heteroatoms. The van der Waals surface area contributed by atoms with Crippen molar-refractivity contribution in [3.05, 3.63) is 71.7 Å². The molecule has 0 spiro atoms. The first-order valence-corrected chi connectivity index (χ1v) is 10.5. The van der Waals surface area contributed by atoms with Gasteiger partial charge in [0.25, 0.3) is 5.91 Å². The Labute approximate surface area is 174 Å². The monoisotopic (exact) mass is 430 g/mol. The molecule has 0 saturated carbocycles. The molecule has 30 heavy (non-hydrogen) atoms. The fraction of sp³-hybridized carbons (Fsp3) is 0.190. The van der Waals surface area contributed by atoms with E-state index in [1.807, 2.05) is 0 Å². The van der Waals surface area contributed by atoms with Gasteiger partial charge in [-0.05, 0) is 48.9 Å². The van der Waals surface area contributed by atoms with Crippen LogP contribution in [-0.4, -0.2) is 28.5 Å². The molecule has 0 aliphatic heterocycles. The van der Waals surface area contributed by atoms with Crippen LogP contribution in [0.1, 0.15) is 21.7 Å². The van der Waals surface area contributed by atoms with Gasteiger partial charge in [-0.3, -0.25) is 4.79 Å². The number of sulfonamides is 1. The van der Waals surface area contributed by atoms with Crippen LogP contribution in [0.4, 0.5) is 5.69 Å². The summed E-state index contributed by atoms with van der Waals surface area (Å²) in [6.45, 7) is 1.74. The molecule has 2 aromatic carbocycles. The molecule has 1 amide bonds. The third-order valence-electron chi connectivity index (χ3n) is 4.42.